The fourth-order valence-corrected chi connectivity index (χ4v) is 1.97. The molecule has 0 atom stereocenters. The number of tetrazole rings is 1. The molecule has 0 fully saturated rings. The Bertz CT molecular complexity index is 634. The highest BCUT2D eigenvalue weighted by Crippen LogP contribution is 2.24. The molecule has 2 heterocycles. The summed E-state index contributed by atoms with van der Waals surface area (Å²) in [6.45, 7) is 2.06. The zero-order valence-corrected chi connectivity index (χ0v) is 9.25. The van der Waals surface area contributed by atoms with Crippen LogP contribution in [0.1, 0.15) is 5.69 Å². The van der Waals surface area contributed by atoms with Crippen molar-refractivity contribution >= 4 is 5.65 Å². The standard InChI is InChI=1S/C12H12N4/c1-9-11(10-6-4-3-5-7-10)8-12-13-15(2)14-16(9)12/h3-8H,1-2H3. The summed E-state index contributed by atoms with van der Waals surface area (Å²) in [5.41, 5.74) is 4.40. The van der Waals surface area contributed by atoms with E-state index in [1.807, 2.05) is 29.8 Å². The van der Waals surface area contributed by atoms with Crippen LogP contribution in [-0.4, -0.2) is 9.73 Å². The molecule has 0 aliphatic heterocycles. The molecule has 0 saturated carbocycles. The fraction of sp³-hybridized carbons (Fsp3) is 0.167. The first-order chi connectivity index (χ1) is 7.75. The van der Waals surface area contributed by atoms with Gasteiger partial charge in [0.15, 0.2) is 5.65 Å². The summed E-state index contributed by atoms with van der Waals surface area (Å²) in [4.78, 5) is 1.58. The Morgan fingerprint density at radius 1 is 1.25 bits per heavy atom. The summed E-state index contributed by atoms with van der Waals surface area (Å²) in [6.07, 6.45) is 0. The number of fused-ring (bicyclic) bond motifs is 1. The molecule has 4 heteroatoms. The molecule has 2 aromatic heterocycles. The van der Waals surface area contributed by atoms with Gasteiger partial charge in [-0.05, 0) is 17.7 Å². The summed E-state index contributed by atoms with van der Waals surface area (Å²) < 4.78 is 1.86. The van der Waals surface area contributed by atoms with Gasteiger partial charge in [0.05, 0.1) is 7.05 Å². The average molecular weight is 212 g/mol. The molecule has 0 aliphatic carbocycles. The molecule has 4 nitrogen and oxygen atoms in total. The normalized spacial score (nSPS) is 11.1. The molecule has 0 N–H and O–H groups in total. The molecule has 0 saturated heterocycles. The highest BCUT2D eigenvalue weighted by Gasteiger charge is 2.13. The molecule has 0 bridgehead atoms. The van der Waals surface area contributed by atoms with E-state index in [9.17, 15) is 0 Å². The van der Waals surface area contributed by atoms with Gasteiger partial charge >= 0.3 is 0 Å². The van der Waals surface area contributed by atoms with Crippen LogP contribution >= 0.6 is 0 Å². The maximum atomic E-state index is 4.29. The largest absolute Gasteiger partial charge is 0.200 e. The van der Waals surface area contributed by atoms with Crippen molar-refractivity contribution in [2.24, 2.45) is 7.05 Å². The molecule has 0 aliphatic rings. The number of aryl methyl sites for hydroxylation is 2. The smallest absolute Gasteiger partial charge is 0.162 e. The predicted molar refractivity (Wildman–Crippen MR) is 59.9 cm³/mol. The second-order valence-electron chi connectivity index (χ2n) is 3.86. The number of aromatic nitrogens is 4. The van der Waals surface area contributed by atoms with Gasteiger partial charge in [-0.1, -0.05) is 30.3 Å². The Labute approximate surface area is 93.1 Å². The maximum Gasteiger partial charge on any atom is 0.200 e. The van der Waals surface area contributed by atoms with Gasteiger partial charge in [0, 0.05) is 11.6 Å². The quantitative estimate of drug-likeness (QED) is 0.566. The van der Waals surface area contributed by atoms with E-state index >= 15 is 0 Å². The number of nitrogens with zero attached hydrogens (tertiary/aromatic N) is 4. The van der Waals surface area contributed by atoms with Gasteiger partial charge in [-0.3, -0.25) is 0 Å². The van der Waals surface area contributed by atoms with E-state index in [-0.39, 0.29) is 0 Å². The Kier molecular flexibility index (Phi) is 1.83. The van der Waals surface area contributed by atoms with Crippen molar-refractivity contribution in [2.45, 2.75) is 6.92 Å². The third kappa shape index (κ3) is 1.23. The zero-order valence-electron chi connectivity index (χ0n) is 9.25. The Morgan fingerprint density at radius 3 is 2.69 bits per heavy atom. The van der Waals surface area contributed by atoms with E-state index in [2.05, 4.69) is 35.4 Å². The highest BCUT2D eigenvalue weighted by atomic mass is 15.6. The van der Waals surface area contributed by atoms with Gasteiger partial charge in [0.1, 0.15) is 5.69 Å². The van der Waals surface area contributed by atoms with Crippen molar-refractivity contribution in [1.29, 1.82) is 0 Å². The van der Waals surface area contributed by atoms with Crippen molar-refractivity contribution in [2.75, 3.05) is 0 Å². The van der Waals surface area contributed by atoms with Crippen LogP contribution in [0.3, 0.4) is 0 Å². The van der Waals surface area contributed by atoms with E-state index in [0.29, 0.717) is 0 Å². The predicted octanol–water partition coefficient (Wildman–Crippen LogP) is 1.09. The van der Waals surface area contributed by atoms with Gasteiger partial charge in [-0.2, -0.15) is 14.4 Å². The number of rotatable bonds is 1. The van der Waals surface area contributed by atoms with Gasteiger partial charge < -0.3 is 0 Å². The molecule has 1 aromatic carbocycles. The van der Waals surface area contributed by atoms with E-state index < -0.39 is 0 Å². The first-order valence-electron chi connectivity index (χ1n) is 5.21. The summed E-state index contributed by atoms with van der Waals surface area (Å²) in [5.74, 6) is 0. The summed E-state index contributed by atoms with van der Waals surface area (Å²) >= 11 is 0. The molecule has 0 unspecified atom stereocenters. The lowest BCUT2D eigenvalue weighted by atomic mass is 10.1. The van der Waals surface area contributed by atoms with Crippen molar-refractivity contribution in [3.63, 3.8) is 0 Å². The van der Waals surface area contributed by atoms with Gasteiger partial charge in [0.25, 0.3) is 0 Å². The molecule has 80 valence electrons. The molecular weight excluding hydrogens is 200 g/mol. The van der Waals surface area contributed by atoms with Crippen molar-refractivity contribution in [3.05, 3.63) is 42.1 Å². The maximum absolute atomic E-state index is 4.29. The molecule has 0 amide bonds. The summed E-state index contributed by atoms with van der Waals surface area (Å²) in [7, 11) is 1.83. The number of hydrogen-bond donors (Lipinski definition) is 0. The van der Waals surface area contributed by atoms with E-state index in [1.165, 1.54) is 11.1 Å². The van der Waals surface area contributed by atoms with E-state index in [0.717, 1.165) is 11.3 Å². The minimum Gasteiger partial charge on any atom is -0.162 e. The van der Waals surface area contributed by atoms with Crippen LogP contribution in [-0.2, 0) is 7.05 Å². The number of hydrogen-bond acceptors (Lipinski definition) is 1. The number of benzene rings is 1. The van der Waals surface area contributed by atoms with E-state index in [1.54, 1.807) is 4.80 Å². The Morgan fingerprint density at radius 2 is 2.00 bits per heavy atom. The third-order valence-corrected chi connectivity index (χ3v) is 2.75. The van der Waals surface area contributed by atoms with Crippen LogP contribution in [0.15, 0.2) is 36.4 Å². The van der Waals surface area contributed by atoms with Gasteiger partial charge in [0.2, 0.25) is 0 Å². The zero-order chi connectivity index (χ0) is 11.1. The fourth-order valence-electron chi connectivity index (χ4n) is 1.97. The van der Waals surface area contributed by atoms with Crippen LogP contribution < -0.4 is 9.90 Å². The highest BCUT2D eigenvalue weighted by molar-refractivity contribution is 5.71. The third-order valence-electron chi connectivity index (χ3n) is 2.75. The topological polar surface area (TPSA) is 35.3 Å². The molecule has 3 aromatic rings. The monoisotopic (exact) mass is 212 g/mol. The van der Waals surface area contributed by atoms with Crippen molar-refractivity contribution in [3.8, 4) is 11.1 Å². The summed E-state index contributed by atoms with van der Waals surface area (Å²) in [6, 6.07) is 12.4. The SMILES string of the molecule is Cc1c(-c2ccccc2)cc2[n-][n+](C)nn12. The minimum atomic E-state index is 0.888. The van der Waals surface area contributed by atoms with Crippen LogP contribution in [0.2, 0.25) is 0 Å². The van der Waals surface area contributed by atoms with Crippen molar-refractivity contribution in [1.82, 2.24) is 14.8 Å². The first kappa shape index (κ1) is 9.15. The Balaban J connectivity index is 2.25. The minimum absolute atomic E-state index is 0.888. The second-order valence-corrected chi connectivity index (χ2v) is 3.86. The van der Waals surface area contributed by atoms with Gasteiger partial charge in [-0.25, -0.2) is 0 Å². The van der Waals surface area contributed by atoms with Crippen LogP contribution in [0.5, 0.6) is 0 Å². The first-order valence-corrected chi connectivity index (χ1v) is 5.21. The lowest BCUT2D eigenvalue weighted by Gasteiger charge is -1.97. The summed E-state index contributed by atoms with van der Waals surface area (Å²) in [5, 5.41) is 8.57. The van der Waals surface area contributed by atoms with Crippen LogP contribution in [0.4, 0.5) is 0 Å². The van der Waals surface area contributed by atoms with Crippen LogP contribution in [0.25, 0.3) is 16.8 Å². The molecule has 3 rings (SSSR count). The Hall–Kier alpha value is -2.10. The van der Waals surface area contributed by atoms with Crippen LogP contribution in [0, 0.1) is 6.92 Å². The molecule has 16 heavy (non-hydrogen) atoms. The molecular formula is C12H12N4. The lowest BCUT2D eigenvalue weighted by molar-refractivity contribution is -0.788. The lowest BCUT2D eigenvalue weighted by Crippen LogP contribution is -2.35. The average Bonchev–Trinajstić information content (AvgIpc) is 2.79. The van der Waals surface area contributed by atoms with E-state index in [4.69, 9.17) is 0 Å². The van der Waals surface area contributed by atoms with Crippen molar-refractivity contribution < 1.29 is 4.80 Å². The molecule has 0 radical (unpaired) electrons. The molecule has 0 spiro atoms. The van der Waals surface area contributed by atoms with Gasteiger partial charge in [-0.15, -0.1) is 0 Å². The second kappa shape index (κ2) is 3.20.